The van der Waals surface area contributed by atoms with E-state index >= 15 is 0 Å². The molecule has 0 aliphatic heterocycles. The lowest BCUT2D eigenvalue weighted by atomic mass is 9.80. The van der Waals surface area contributed by atoms with Gasteiger partial charge in [-0.1, -0.05) is 66.1 Å². The molecule has 10 heteroatoms. The van der Waals surface area contributed by atoms with Gasteiger partial charge >= 0.3 is 0 Å². The number of para-hydroxylation sites is 1. The number of anilines is 1. The lowest BCUT2D eigenvalue weighted by molar-refractivity contribution is 0.101. The number of amides is 1. The first-order chi connectivity index (χ1) is 16.8. The maximum Gasteiger partial charge on any atom is 0.296 e. The molecule has 0 spiro atoms. The average Bonchev–Trinajstić information content (AvgIpc) is 3.37. The predicted molar refractivity (Wildman–Crippen MR) is 130 cm³/mol. The summed E-state index contributed by atoms with van der Waals surface area (Å²) in [6, 6.07) is 14.4. The van der Waals surface area contributed by atoms with E-state index in [-0.39, 0.29) is 11.5 Å². The van der Waals surface area contributed by atoms with E-state index in [1.54, 1.807) is 24.3 Å². The normalized spacial score (nSPS) is 12.5. The van der Waals surface area contributed by atoms with E-state index in [1.807, 2.05) is 31.2 Å². The van der Waals surface area contributed by atoms with Gasteiger partial charge in [0.05, 0.1) is 12.8 Å². The molecule has 2 aromatic heterocycles. The van der Waals surface area contributed by atoms with Gasteiger partial charge in [0, 0.05) is 23.9 Å². The summed E-state index contributed by atoms with van der Waals surface area (Å²) in [6.07, 6.45) is 2.47. The molecule has 1 amide bonds. The maximum atomic E-state index is 12.9. The second-order valence-electron chi connectivity index (χ2n) is 7.86. The number of rotatable bonds is 6. The molecule has 2 atom stereocenters. The van der Waals surface area contributed by atoms with Crippen LogP contribution in [0.1, 0.15) is 46.2 Å². The third-order valence-corrected chi connectivity index (χ3v) is 6.09. The third kappa shape index (κ3) is 4.52. The summed E-state index contributed by atoms with van der Waals surface area (Å²) in [5.74, 6) is -2.36. The molecule has 0 aliphatic rings. The highest BCUT2D eigenvalue weighted by Crippen LogP contribution is 2.43. The van der Waals surface area contributed by atoms with Gasteiger partial charge in [0.1, 0.15) is 17.8 Å². The van der Waals surface area contributed by atoms with Gasteiger partial charge in [-0.25, -0.2) is 9.83 Å². The van der Waals surface area contributed by atoms with Gasteiger partial charge in [-0.15, -0.1) is 0 Å². The topological polar surface area (TPSA) is 115 Å². The fourth-order valence-electron chi connectivity index (χ4n) is 4.06. The molecule has 0 aliphatic carbocycles. The minimum atomic E-state index is -0.798. The summed E-state index contributed by atoms with van der Waals surface area (Å²) < 4.78 is 5.89. The number of benzene rings is 2. The summed E-state index contributed by atoms with van der Waals surface area (Å²) in [5, 5.41) is 16.9. The van der Waals surface area contributed by atoms with Crippen LogP contribution in [0, 0.1) is 6.57 Å². The lowest BCUT2D eigenvalue weighted by Gasteiger charge is -2.28. The summed E-state index contributed by atoms with van der Waals surface area (Å²) in [6.45, 7) is 9.48. The van der Waals surface area contributed by atoms with Gasteiger partial charge in [-0.05, 0) is 17.2 Å². The van der Waals surface area contributed by atoms with Crippen molar-refractivity contribution in [2.75, 3.05) is 5.32 Å². The van der Waals surface area contributed by atoms with Crippen molar-refractivity contribution >= 4 is 28.9 Å². The first-order valence-corrected chi connectivity index (χ1v) is 10.9. The van der Waals surface area contributed by atoms with Crippen LogP contribution in [0.3, 0.4) is 0 Å². The molecule has 4 rings (SSSR count). The van der Waals surface area contributed by atoms with Crippen LogP contribution in [-0.4, -0.2) is 25.7 Å². The highest BCUT2D eigenvalue weighted by Gasteiger charge is 2.31. The molecule has 176 valence electrons. The SMILES string of the molecule is [C-]#[N+]c1ccccc1[C@H](c1ccccc1Cl)[C@H](C)c1nc(C(=O)Nc2cnoc2)c(O)c(=O)n1C. The summed E-state index contributed by atoms with van der Waals surface area (Å²) in [4.78, 5) is 33.8. The molecule has 0 unspecified atom stereocenters. The van der Waals surface area contributed by atoms with Crippen molar-refractivity contribution in [1.29, 1.82) is 0 Å². The average molecular weight is 490 g/mol. The van der Waals surface area contributed by atoms with Crippen molar-refractivity contribution in [1.82, 2.24) is 14.7 Å². The Kier molecular flexibility index (Phi) is 6.66. The van der Waals surface area contributed by atoms with E-state index in [0.29, 0.717) is 16.3 Å². The monoisotopic (exact) mass is 489 g/mol. The molecule has 2 heterocycles. The fraction of sp³-hybridized carbons (Fsp3) is 0.160. The summed E-state index contributed by atoms with van der Waals surface area (Å²) >= 11 is 6.57. The van der Waals surface area contributed by atoms with Crippen molar-refractivity contribution < 1.29 is 14.4 Å². The van der Waals surface area contributed by atoms with Gasteiger partial charge in [0.15, 0.2) is 11.4 Å². The lowest BCUT2D eigenvalue weighted by Crippen LogP contribution is -2.29. The number of nitrogens with one attached hydrogen (secondary N) is 1. The van der Waals surface area contributed by atoms with Gasteiger partial charge < -0.3 is 14.9 Å². The number of carbonyl (C=O) groups is 1. The first kappa shape index (κ1) is 23.7. The number of aromatic nitrogens is 3. The Labute approximate surface area is 205 Å². The van der Waals surface area contributed by atoms with Crippen molar-refractivity contribution in [3.05, 3.63) is 110 Å². The number of carbonyl (C=O) groups excluding carboxylic acids is 1. The molecule has 2 aromatic carbocycles. The molecule has 0 fully saturated rings. The van der Waals surface area contributed by atoms with Crippen LogP contribution in [-0.2, 0) is 7.05 Å². The Balaban J connectivity index is 1.89. The minimum absolute atomic E-state index is 0.230. The molecular weight excluding hydrogens is 470 g/mol. The molecule has 0 radical (unpaired) electrons. The molecule has 0 bridgehead atoms. The maximum absolute atomic E-state index is 12.9. The van der Waals surface area contributed by atoms with E-state index in [4.69, 9.17) is 22.7 Å². The van der Waals surface area contributed by atoms with Crippen LogP contribution in [0.2, 0.25) is 5.02 Å². The molecule has 2 N–H and O–H groups in total. The second kappa shape index (κ2) is 9.83. The van der Waals surface area contributed by atoms with Crippen molar-refractivity contribution in [2.45, 2.75) is 18.8 Å². The Morgan fingerprint density at radius 2 is 1.89 bits per heavy atom. The molecular formula is C25H20ClN5O4. The van der Waals surface area contributed by atoms with Gasteiger partial charge in [0.2, 0.25) is 5.75 Å². The smallest absolute Gasteiger partial charge is 0.296 e. The fourth-order valence-corrected chi connectivity index (χ4v) is 4.32. The minimum Gasteiger partial charge on any atom is -0.501 e. The van der Waals surface area contributed by atoms with Crippen LogP contribution in [0.4, 0.5) is 11.4 Å². The van der Waals surface area contributed by atoms with E-state index in [2.05, 4.69) is 20.3 Å². The van der Waals surface area contributed by atoms with Gasteiger partial charge in [-0.3, -0.25) is 14.2 Å². The Morgan fingerprint density at radius 3 is 2.54 bits per heavy atom. The van der Waals surface area contributed by atoms with E-state index in [1.165, 1.54) is 24.1 Å². The number of halogens is 1. The number of nitrogens with zero attached hydrogens (tertiary/aromatic N) is 4. The van der Waals surface area contributed by atoms with Crippen molar-refractivity contribution in [3.8, 4) is 5.75 Å². The van der Waals surface area contributed by atoms with Crippen molar-refractivity contribution in [2.24, 2.45) is 7.05 Å². The second-order valence-corrected chi connectivity index (χ2v) is 8.26. The summed E-state index contributed by atoms with van der Waals surface area (Å²) in [7, 11) is 1.47. The number of hydrogen-bond acceptors (Lipinski definition) is 6. The highest BCUT2D eigenvalue weighted by atomic mass is 35.5. The molecule has 4 aromatic rings. The van der Waals surface area contributed by atoms with Gasteiger partial charge in [-0.2, -0.15) is 0 Å². The van der Waals surface area contributed by atoms with Crippen LogP contribution in [0.5, 0.6) is 5.75 Å². The quantitative estimate of drug-likeness (QED) is 0.373. The zero-order valence-corrected chi connectivity index (χ0v) is 19.5. The molecule has 9 nitrogen and oxygen atoms in total. The molecule has 0 saturated carbocycles. The number of hydrogen-bond donors (Lipinski definition) is 2. The van der Waals surface area contributed by atoms with Crippen LogP contribution >= 0.6 is 11.6 Å². The summed E-state index contributed by atoms with van der Waals surface area (Å²) in [5.41, 5.74) is 0.877. The van der Waals surface area contributed by atoms with Crippen LogP contribution < -0.4 is 10.9 Å². The van der Waals surface area contributed by atoms with Crippen molar-refractivity contribution in [3.63, 3.8) is 0 Å². The van der Waals surface area contributed by atoms with Crippen LogP contribution in [0.25, 0.3) is 4.85 Å². The zero-order valence-electron chi connectivity index (χ0n) is 18.8. The largest absolute Gasteiger partial charge is 0.501 e. The van der Waals surface area contributed by atoms with E-state index in [9.17, 15) is 14.7 Å². The number of aromatic hydroxyl groups is 1. The first-order valence-electron chi connectivity index (χ1n) is 10.5. The van der Waals surface area contributed by atoms with E-state index in [0.717, 1.165) is 5.56 Å². The molecule has 0 saturated heterocycles. The van der Waals surface area contributed by atoms with Crippen LogP contribution in [0.15, 0.2) is 70.3 Å². The Morgan fingerprint density at radius 1 is 1.20 bits per heavy atom. The third-order valence-electron chi connectivity index (χ3n) is 5.75. The zero-order chi connectivity index (χ0) is 25.1. The van der Waals surface area contributed by atoms with Gasteiger partial charge in [0.25, 0.3) is 11.5 Å². The predicted octanol–water partition coefficient (Wildman–Crippen LogP) is 4.87. The Hall–Kier alpha value is -4.42. The van der Waals surface area contributed by atoms with E-state index < -0.39 is 34.7 Å². The highest BCUT2D eigenvalue weighted by molar-refractivity contribution is 6.31. The molecule has 35 heavy (non-hydrogen) atoms. The standard InChI is InChI=1S/C25H20ClN5O4/c1-14(20(16-8-4-6-10-18(16)26)17-9-5-7-11-19(17)27-2)23-30-21(22(32)25(34)31(23)3)24(33)29-15-12-28-35-13-15/h4-14,20,32H,1,3H3,(H,29,33)/t14-,20-/m0/s1. The Bertz CT molecular complexity index is 1490.